The third-order valence-corrected chi connectivity index (χ3v) is 6.00. The van der Waals surface area contributed by atoms with Crippen molar-refractivity contribution in [2.75, 3.05) is 13.2 Å². The second kappa shape index (κ2) is 9.05. The average Bonchev–Trinajstić information content (AvgIpc) is 3.19. The van der Waals surface area contributed by atoms with Crippen LogP contribution in [-0.4, -0.2) is 57.6 Å². The molecule has 2 heterocycles. The summed E-state index contributed by atoms with van der Waals surface area (Å²) in [4.78, 5) is 51.3. The smallest absolute Gasteiger partial charge is 0.325 e. The predicted molar refractivity (Wildman–Crippen MR) is 109 cm³/mol. The van der Waals surface area contributed by atoms with Gasteiger partial charge in [-0.1, -0.05) is 32.4 Å². The van der Waals surface area contributed by atoms with Gasteiger partial charge in [-0.05, 0) is 30.5 Å². The van der Waals surface area contributed by atoms with Crippen LogP contribution in [0.25, 0.3) is 0 Å². The minimum Gasteiger partial charge on any atom is -0.494 e. The molecule has 168 valence electrons. The second-order valence-electron chi connectivity index (χ2n) is 8.07. The van der Waals surface area contributed by atoms with Gasteiger partial charge in [0.2, 0.25) is 11.8 Å². The van der Waals surface area contributed by atoms with Crippen molar-refractivity contribution < 1.29 is 34.1 Å². The van der Waals surface area contributed by atoms with E-state index in [2.05, 4.69) is 5.32 Å². The molecule has 4 unspecified atom stereocenters. The van der Waals surface area contributed by atoms with E-state index in [0.29, 0.717) is 24.3 Å². The van der Waals surface area contributed by atoms with Crippen LogP contribution in [0.1, 0.15) is 51.1 Å². The van der Waals surface area contributed by atoms with E-state index in [-0.39, 0.29) is 6.54 Å². The van der Waals surface area contributed by atoms with Crippen molar-refractivity contribution in [1.82, 2.24) is 10.2 Å². The first kappa shape index (κ1) is 22.7. The molecule has 1 aromatic rings. The number of likely N-dealkylation sites (tertiary alicyclic amines) is 1. The van der Waals surface area contributed by atoms with Crippen LogP contribution < -0.4 is 10.1 Å². The van der Waals surface area contributed by atoms with Crippen LogP contribution >= 0.6 is 0 Å². The molecule has 0 saturated carbocycles. The van der Waals surface area contributed by atoms with E-state index in [4.69, 9.17) is 4.74 Å². The Morgan fingerprint density at radius 3 is 2.32 bits per heavy atom. The van der Waals surface area contributed by atoms with Crippen molar-refractivity contribution in [3.8, 4) is 5.75 Å². The summed E-state index contributed by atoms with van der Waals surface area (Å²) in [5.74, 6) is -5.52. The Balaban J connectivity index is 2.02. The molecule has 2 fully saturated rings. The van der Waals surface area contributed by atoms with Crippen molar-refractivity contribution in [1.29, 1.82) is 0 Å². The molecule has 0 aliphatic carbocycles. The molecule has 2 aliphatic rings. The summed E-state index contributed by atoms with van der Waals surface area (Å²) in [5.41, 5.74) is -1.46. The van der Waals surface area contributed by atoms with Crippen LogP contribution in [0.15, 0.2) is 24.3 Å². The van der Waals surface area contributed by atoms with Crippen molar-refractivity contribution in [2.24, 2.45) is 11.8 Å². The standard InChI is InChI=1S/C22H28N2O7/c1-3-5-10-24-19(27)16-17(20(24)28)22(21(29)30,12-15(25)26)23-18(16)13-6-8-14(9-7-13)31-11-4-2/h6-9,16-18,23H,3-5,10-12H2,1-2H3,(H,25,26)(H,29,30). The molecule has 9 heteroatoms. The zero-order valence-corrected chi connectivity index (χ0v) is 17.7. The van der Waals surface area contributed by atoms with Gasteiger partial charge in [0.25, 0.3) is 0 Å². The minimum absolute atomic E-state index is 0.195. The largest absolute Gasteiger partial charge is 0.494 e. The number of benzene rings is 1. The highest BCUT2D eigenvalue weighted by Gasteiger charge is 2.68. The van der Waals surface area contributed by atoms with Gasteiger partial charge < -0.3 is 14.9 Å². The Kier molecular flexibility index (Phi) is 6.64. The number of aliphatic carboxylic acids is 2. The Morgan fingerprint density at radius 2 is 1.77 bits per heavy atom. The summed E-state index contributed by atoms with van der Waals surface area (Å²) >= 11 is 0. The molecular weight excluding hydrogens is 404 g/mol. The maximum atomic E-state index is 13.2. The Bertz CT molecular complexity index is 869. The third-order valence-electron chi connectivity index (χ3n) is 6.00. The van der Waals surface area contributed by atoms with Gasteiger partial charge in [-0.25, -0.2) is 0 Å². The lowest BCUT2D eigenvalue weighted by atomic mass is 9.77. The number of nitrogens with one attached hydrogen (secondary N) is 1. The lowest BCUT2D eigenvalue weighted by Gasteiger charge is -2.29. The molecule has 0 bridgehead atoms. The summed E-state index contributed by atoms with van der Waals surface area (Å²) in [6, 6.07) is 6.06. The van der Waals surface area contributed by atoms with E-state index in [9.17, 15) is 29.4 Å². The van der Waals surface area contributed by atoms with E-state index in [1.807, 2.05) is 13.8 Å². The number of ether oxygens (including phenoxy) is 1. The van der Waals surface area contributed by atoms with Crippen molar-refractivity contribution >= 4 is 23.8 Å². The summed E-state index contributed by atoms with van der Waals surface area (Å²) in [6.07, 6.45) is 1.39. The lowest BCUT2D eigenvalue weighted by Crippen LogP contribution is -2.57. The van der Waals surface area contributed by atoms with Crippen molar-refractivity contribution in [3.63, 3.8) is 0 Å². The molecule has 0 spiro atoms. The highest BCUT2D eigenvalue weighted by molar-refractivity contribution is 6.10. The molecule has 0 radical (unpaired) electrons. The molecule has 2 saturated heterocycles. The van der Waals surface area contributed by atoms with Gasteiger partial charge in [0.05, 0.1) is 24.9 Å². The topological polar surface area (TPSA) is 133 Å². The Morgan fingerprint density at radius 1 is 1.10 bits per heavy atom. The van der Waals surface area contributed by atoms with Crippen molar-refractivity contribution in [3.05, 3.63) is 29.8 Å². The first-order chi connectivity index (χ1) is 14.8. The molecular formula is C22H28N2O7. The van der Waals surface area contributed by atoms with E-state index >= 15 is 0 Å². The molecule has 3 N–H and O–H groups in total. The van der Waals surface area contributed by atoms with Crippen LogP contribution in [-0.2, 0) is 19.2 Å². The maximum absolute atomic E-state index is 13.2. The van der Waals surface area contributed by atoms with Crippen LogP contribution in [0.2, 0.25) is 0 Å². The van der Waals surface area contributed by atoms with E-state index in [1.54, 1.807) is 24.3 Å². The highest BCUT2D eigenvalue weighted by Crippen LogP contribution is 2.50. The number of hydrogen-bond acceptors (Lipinski definition) is 6. The van der Waals surface area contributed by atoms with Crippen LogP contribution in [0.3, 0.4) is 0 Å². The van der Waals surface area contributed by atoms with Crippen molar-refractivity contribution in [2.45, 2.75) is 51.1 Å². The lowest BCUT2D eigenvalue weighted by molar-refractivity contribution is -0.156. The number of hydrogen-bond donors (Lipinski definition) is 3. The fourth-order valence-corrected chi connectivity index (χ4v) is 4.55. The average molecular weight is 432 g/mol. The molecule has 1 aromatic carbocycles. The minimum atomic E-state index is -2.06. The number of nitrogens with zero attached hydrogens (tertiary/aromatic N) is 1. The molecule has 2 amide bonds. The number of fused-ring (bicyclic) bond motifs is 1. The predicted octanol–water partition coefficient (Wildman–Crippen LogP) is 1.82. The van der Waals surface area contributed by atoms with Gasteiger partial charge in [0.1, 0.15) is 11.3 Å². The molecule has 9 nitrogen and oxygen atoms in total. The van der Waals surface area contributed by atoms with E-state index in [1.165, 1.54) is 0 Å². The van der Waals surface area contributed by atoms with Crippen LogP contribution in [0, 0.1) is 11.8 Å². The van der Waals surface area contributed by atoms with Gasteiger partial charge in [-0.15, -0.1) is 0 Å². The Labute approximate surface area is 180 Å². The van der Waals surface area contributed by atoms with Gasteiger partial charge in [-0.3, -0.25) is 29.4 Å². The number of carbonyl (C=O) groups is 4. The second-order valence-corrected chi connectivity index (χ2v) is 8.07. The normalized spacial score (nSPS) is 27.4. The number of amides is 2. The number of carboxylic acids is 2. The molecule has 31 heavy (non-hydrogen) atoms. The van der Waals surface area contributed by atoms with E-state index in [0.717, 1.165) is 17.7 Å². The number of carboxylic acid groups (broad SMARTS) is 2. The number of imide groups is 1. The van der Waals surface area contributed by atoms with Crippen LogP contribution in [0.4, 0.5) is 0 Å². The summed E-state index contributed by atoms with van der Waals surface area (Å²) < 4.78 is 5.57. The maximum Gasteiger partial charge on any atom is 0.325 e. The monoisotopic (exact) mass is 432 g/mol. The first-order valence-corrected chi connectivity index (χ1v) is 10.6. The molecule has 2 aliphatic heterocycles. The SMILES string of the molecule is CCCCN1C(=O)C2C(c3ccc(OCCC)cc3)NC(CC(=O)O)(C(=O)O)C2C1=O. The fraction of sp³-hybridized carbons (Fsp3) is 0.545. The fourth-order valence-electron chi connectivity index (χ4n) is 4.55. The van der Waals surface area contributed by atoms with Gasteiger partial charge in [0, 0.05) is 12.6 Å². The summed E-state index contributed by atoms with van der Waals surface area (Å²) in [5, 5.41) is 22.3. The molecule has 3 rings (SSSR count). The number of rotatable bonds is 10. The van der Waals surface area contributed by atoms with E-state index < -0.39 is 53.6 Å². The zero-order chi connectivity index (χ0) is 22.8. The highest BCUT2D eigenvalue weighted by atomic mass is 16.5. The summed E-state index contributed by atoms with van der Waals surface area (Å²) in [6.45, 7) is 4.65. The summed E-state index contributed by atoms with van der Waals surface area (Å²) in [7, 11) is 0. The third kappa shape index (κ3) is 4.01. The first-order valence-electron chi connectivity index (χ1n) is 10.6. The Hall–Kier alpha value is -2.94. The molecule has 4 atom stereocenters. The van der Waals surface area contributed by atoms with Gasteiger partial charge >= 0.3 is 11.9 Å². The quantitative estimate of drug-likeness (QED) is 0.477. The van der Waals surface area contributed by atoms with Gasteiger partial charge in [0.15, 0.2) is 0 Å². The van der Waals surface area contributed by atoms with Gasteiger partial charge in [-0.2, -0.15) is 0 Å². The molecule has 0 aromatic heterocycles. The van der Waals surface area contributed by atoms with Crippen LogP contribution in [0.5, 0.6) is 5.75 Å². The number of carbonyl (C=O) groups excluding carboxylic acids is 2. The zero-order valence-electron chi connectivity index (χ0n) is 17.7. The number of unbranched alkanes of at least 4 members (excludes halogenated alkanes) is 1.